The van der Waals surface area contributed by atoms with Gasteiger partial charge in [-0.2, -0.15) is 5.10 Å². The molecule has 0 fully saturated rings. The Balaban J connectivity index is 2.43. The summed E-state index contributed by atoms with van der Waals surface area (Å²) >= 11 is 0. The van der Waals surface area contributed by atoms with Gasteiger partial charge in [-0.05, 0) is 31.5 Å². The quantitative estimate of drug-likeness (QED) is 0.846. The van der Waals surface area contributed by atoms with Crippen LogP contribution in [0.2, 0.25) is 0 Å². The number of rotatable bonds is 4. The molecule has 2 aromatic heterocycles. The van der Waals surface area contributed by atoms with Crippen molar-refractivity contribution in [3.63, 3.8) is 0 Å². The molecule has 5 heteroatoms. The number of hydrogen-bond acceptors (Lipinski definition) is 3. The molecule has 2 rings (SSSR count). The first-order valence-electron chi connectivity index (χ1n) is 6.59. The summed E-state index contributed by atoms with van der Waals surface area (Å²) in [7, 11) is 0. The maximum atomic E-state index is 12.4. The van der Waals surface area contributed by atoms with Crippen LogP contribution in [0.15, 0.2) is 29.3 Å². The minimum atomic E-state index is -0.0458. The number of aromatic nitrogens is 4. The Morgan fingerprint density at radius 3 is 2.26 bits per heavy atom. The van der Waals surface area contributed by atoms with Crippen molar-refractivity contribution in [2.75, 3.05) is 0 Å². The van der Waals surface area contributed by atoms with Gasteiger partial charge in [0.05, 0.1) is 6.54 Å². The predicted molar refractivity (Wildman–Crippen MR) is 74.3 cm³/mol. The molecule has 0 aromatic carbocycles. The van der Waals surface area contributed by atoms with E-state index in [0.717, 1.165) is 11.4 Å². The van der Waals surface area contributed by atoms with Crippen LogP contribution in [0, 0.1) is 0 Å². The van der Waals surface area contributed by atoms with Crippen molar-refractivity contribution < 1.29 is 0 Å². The average molecular weight is 260 g/mol. The highest BCUT2D eigenvalue weighted by Gasteiger charge is 2.18. The third-order valence-corrected chi connectivity index (χ3v) is 3.01. The van der Waals surface area contributed by atoms with Crippen LogP contribution in [0.25, 0.3) is 0 Å². The summed E-state index contributed by atoms with van der Waals surface area (Å²) in [6.07, 6.45) is 3.45. The van der Waals surface area contributed by atoms with Crippen LogP contribution < -0.4 is 5.69 Å². The van der Waals surface area contributed by atoms with Gasteiger partial charge < -0.3 is 0 Å². The average Bonchev–Trinajstić information content (AvgIpc) is 2.68. The molecule has 19 heavy (non-hydrogen) atoms. The van der Waals surface area contributed by atoms with Gasteiger partial charge >= 0.3 is 5.69 Å². The first kappa shape index (κ1) is 13.5. The Labute approximate surface area is 112 Å². The number of hydrogen-bond donors (Lipinski definition) is 0. The fourth-order valence-corrected chi connectivity index (χ4v) is 2.08. The normalized spacial score (nSPS) is 11.5. The lowest BCUT2D eigenvalue weighted by atomic mass is 10.2. The number of nitrogens with zero attached hydrogens (tertiary/aromatic N) is 4. The summed E-state index contributed by atoms with van der Waals surface area (Å²) in [5, 5.41) is 4.47. The van der Waals surface area contributed by atoms with E-state index in [0.29, 0.717) is 6.54 Å². The molecule has 2 heterocycles. The summed E-state index contributed by atoms with van der Waals surface area (Å²) in [6.45, 7) is 8.60. The summed E-state index contributed by atoms with van der Waals surface area (Å²) in [6, 6.07) is 3.92. The van der Waals surface area contributed by atoms with Crippen LogP contribution >= 0.6 is 0 Å². The lowest BCUT2D eigenvalue weighted by molar-refractivity contribution is 0.531. The van der Waals surface area contributed by atoms with Gasteiger partial charge in [0.1, 0.15) is 5.82 Å². The predicted octanol–water partition coefficient (Wildman–Crippen LogP) is 2.19. The van der Waals surface area contributed by atoms with Crippen molar-refractivity contribution in [2.45, 2.75) is 46.2 Å². The van der Waals surface area contributed by atoms with E-state index in [9.17, 15) is 4.79 Å². The first-order chi connectivity index (χ1) is 9.00. The maximum Gasteiger partial charge on any atom is 0.346 e. The molecular weight excluding hydrogens is 240 g/mol. The fourth-order valence-electron chi connectivity index (χ4n) is 2.08. The molecule has 102 valence electrons. The molecule has 2 aromatic rings. The van der Waals surface area contributed by atoms with Gasteiger partial charge in [0, 0.05) is 24.4 Å². The summed E-state index contributed by atoms with van der Waals surface area (Å²) in [4.78, 5) is 16.4. The maximum absolute atomic E-state index is 12.4. The second-order valence-corrected chi connectivity index (χ2v) is 5.27. The van der Waals surface area contributed by atoms with Crippen molar-refractivity contribution in [3.05, 3.63) is 46.4 Å². The standard InChI is InChI=1S/C14H20N4O/c1-10(2)13-16-17(14(19)18(13)11(3)4)9-12-5-7-15-8-6-12/h5-8,10-11H,9H2,1-4H3. The Hall–Kier alpha value is -1.91. The van der Waals surface area contributed by atoms with E-state index in [4.69, 9.17) is 0 Å². The molecule has 5 nitrogen and oxygen atoms in total. The molecule has 0 saturated heterocycles. The van der Waals surface area contributed by atoms with Gasteiger partial charge in [-0.25, -0.2) is 9.48 Å². The van der Waals surface area contributed by atoms with Crippen molar-refractivity contribution in [1.82, 2.24) is 19.3 Å². The van der Waals surface area contributed by atoms with Gasteiger partial charge in [0.2, 0.25) is 0 Å². The monoisotopic (exact) mass is 260 g/mol. The van der Waals surface area contributed by atoms with Gasteiger partial charge in [0.15, 0.2) is 0 Å². The van der Waals surface area contributed by atoms with Gasteiger partial charge in [-0.15, -0.1) is 0 Å². The molecule has 0 bridgehead atoms. The summed E-state index contributed by atoms with van der Waals surface area (Å²) in [5.41, 5.74) is 0.983. The van der Waals surface area contributed by atoms with Gasteiger partial charge in [0.25, 0.3) is 0 Å². The zero-order valence-corrected chi connectivity index (χ0v) is 11.9. The van der Waals surface area contributed by atoms with E-state index in [2.05, 4.69) is 23.9 Å². The summed E-state index contributed by atoms with van der Waals surface area (Å²) < 4.78 is 3.30. The highest BCUT2D eigenvalue weighted by Crippen LogP contribution is 2.14. The molecule has 0 atom stereocenters. The minimum Gasteiger partial charge on any atom is -0.276 e. The van der Waals surface area contributed by atoms with Gasteiger partial charge in [-0.3, -0.25) is 9.55 Å². The molecule has 0 N–H and O–H groups in total. The van der Waals surface area contributed by atoms with Crippen LogP contribution in [0.1, 0.15) is 51.0 Å². The van der Waals surface area contributed by atoms with Crippen molar-refractivity contribution >= 4 is 0 Å². The molecule has 0 unspecified atom stereocenters. The SMILES string of the molecule is CC(C)c1nn(Cc2ccncc2)c(=O)n1C(C)C. The fraction of sp³-hybridized carbons (Fsp3) is 0.500. The number of pyridine rings is 1. The third kappa shape index (κ3) is 2.75. The van der Waals surface area contributed by atoms with Crippen molar-refractivity contribution in [3.8, 4) is 0 Å². The van der Waals surface area contributed by atoms with Crippen molar-refractivity contribution in [2.24, 2.45) is 0 Å². The molecule has 0 aliphatic rings. The molecule has 0 aliphatic heterocycles. The second kappa shape index (κ2) is 5.38. The molecule has 0 aliphatic carbocycles. The summed E-state index contributed by atoms with van der Waals surface area (Å²) in [5.74, 6) is 1.07. The largest absolute Gasteiger partial charge is 0.346 e. The van der Waals surface area contributed by atoms with E-state index < -0.39 is 0 Å². The van der Waals surface area contributed by atoms with E-state index in [-0.39, 0.29) is 17.6 Å². The van der Waals surface area contributed by atoms with Crippen LogP contribution in [-0.4, -0.2) is 19.3 Å². The highest BCUT2D eigenvalue weighted by atomic mass is 16.2. The van der Waals surface area contributed by atoms with E-state index in [1.54, 1.807) is 17.0 Å². The third-order valence-electron chi connectivity index (χ3n) is 3.01. The molecule has 0 amide bonds. The lowest BCUT2D eigenvalue weighted by Gasteiger charge is -2.10. The zero-order valence-electron chi connectivity index (χ0n) is 11.9. The Kier molecular flexibility index (Phi) is 3.83. The van der Waals surface area contributed by atoms with Crippen molar-refractivity contribution in [1.29, 1.82) is 0 Å². The Morgan fingerprint density at radius 1 is 1.16 bits per heavy atom. The smallest absolute Gasteiger partial charge is 0.276 e. The van der Waals surface area contributed by atoms with Gasteiger partial charge in [-0.1, -0.05) is 13.8 Å². The minimum absolute atomic E-state index is 0.0458. The van der Waals surface area contributed by atoms with Crippen LogP contribution in [0.3, 0.4) is 0 Å². The van der Waals surface area contributed by atoms with Crippen LogP contribution in [-0.2, 0) is 6.54 Å². The Morgan fingerprint density at radius 2 is 1.79 bits per heavy atom. The molecule has 0 spiro atoms. The van der Waals surface area contributed by atoms with E-state index in [1.165, 1.54) is 4.68 Å². The Bertz CT molecular complexity index is 596. The van der Waals surface area contributed by atoms with Crippen LogP contribution in [0.5, 0.6) is 0 Å². The zero-order chi connectivity index (χ0) is 14.0. The second-order valence-electron chi connectivity index (χ2n) is 5.27. The van der Waals surface area contributed by atoms with E-state index >= 15 is 0 Å². The lowest BCUT2D eigenvalue weighted by Crippen LogP contribution is -2.27. The highest BCUT2D eigenvalue weighted by molar-refractivity contribution is 5.10. The van der Waals surface area contributed by atoms with Crippen LogP contribution in [0.4, 0.5) is 0 Å². The molecule has 0 radical (unpaired) electrons. The first-order valence-corrected chi connectivity index (χ1v) is 6.59. The van der Waals surface area contributed by atoms with E-state index in [1.807, 2.05) is 26.0 Å². The molecule has 0 saturated carbocycles. The molecular formula is C14H20N4O. The topological polar surface area (TPSA) is 52.7 Å².